The molecule has 1 aromatic carbocycles. The van der Waals surface area contributed by atoms with Crippen LogP contribution in [0.2, 0.25) is 0 Å². The molecule has 3 heteroatoms. The average Bonchev–Trinajstić information content (AvgIpc) is 2.09. The van der Waals surface area contributed by atoms with Crippen LogP contribution in [0.4, 0.5) is 0 Å². The van der Waals surface area contributed by atoms with E-state index in [2.05, 4.69) is 0 Å². The second-order valence-corrected chi connectivity index (χ2v) is 2.91. The Morgan fingerprint density at radius 2 is 2.08 bits per heavy atom. The fraction of sp³-hybridized carbons (Fsp3) is 0.400. The molecule has 72 valence electrons. The van der Waals surface area contributed by atoms with Crippen LogP contribution < -0.4 is 0 Å². The van der Waals surface area contributed by atoms with Crippen LogP contribution in [0.3, 0.4) is 0 Å². The molecule has 0 aliphatic rings. The highest BCUT2D eigenvalue weighted by atomic mass is 16.5. The number of benzene rings is 1. The number of phenolic OH excluding ortho intramolecular Hbond substituents is 2. The van der Waals surface area contributed by atoms with Crippen LogP contribution in [0.25, 0.3) is 0 Å². The van der Waals surface area contributed by atoms with Crippen LogP contribution in [0.15, 0.2) is 18.2 Å². The van der Waals surface area contributed by atoms with Gasteiger partial charge >= 0.3 is 0 Å². The summed E-state index contributed by atoms with van der Waals surface area (Å²) in [6.45, 7) is 0.681. The van der Waals surface area contributed by atoms with Crippen molar-refractivity contribution in [3.05, 3.63) is 23.8 Å². The van der Waals surface area contributed by atoms with Gasteiger partial charge in [-0.1, -0.05) is 6.07 Å². The van der Waals surface area contributed by atoms with E-state index >= 15 is 0 Å². The lowest BCUT2D eigenvalue weighted by atomic mass is 10.1. The van der Waals surface area contributed by atoms with Crippen molar-refractivity contribution < 1.29 is 14.9 Å². The van der Waals surface area contributed by atoms with E-state index < -0.39 is 0 Å². The Kier molecular flexibility index (Phi) is 3.58. The lowest BCUT2D eigenvalue weighted by Crippen LogP contribution is -1.92. The lowest BCUT2D eigenvalue weighted by molar-refractivity contribution is 0.195. The third kappa shape index (κ3) is 2.95. The third-order valence-corrected chi connectivity index (χ3v) is 1.86. The van der Waals surface area contributed by atoms with Gasteiger partial charge in [0, 0.05) is 19.8 Å². The summed E-state index contributed by atoms with van der Waals surface area (Å²) in [4.78, 5) is 0. The fourth-order valence-corrected chi connectivity index (χ4v) is 1.17. The molecule has 3 nitrogen and oxygen atoms in total. The van der Waals surface area contributed by atoms with E-state index in [-0.39, 0.29) is 11.5 Å². The van der Waals surface area contributed by atoms with Gasteiger partial charge in [-0.15, -0.1) is 0 Å². The van der Waals surface area contributed by atoms with Crippen molar-refractivity contribution in [3.8, 4) is 11.5 Å². The molecule has 0 fully saturated rings. The fourth-order valence-electron chi connectivity index (χ4n) is 1.17. The number of aryl methyl sites for hydroxylation is 1. The van der Waals surface area contributed by atoms with E-state index in [0.717, 1.165) is 18.4 Å². The van der Waals surface area contributed by atoms with Crippen LogP contribution in [0.1, 0.15) is 12.0 Å². The summed E-state index contributed by atoms with van der Waals surface area (Å²) in [5.74, 6) is 0.240. The predicted molar refractivity (Wildman–Crippen MR) is 50.0 cm³/mol. The largest absolute Gasteiger partial charge is 0.508 e. The number of hydrogen-bond donors (Lipinski definition) is 2. The number of hydrogen-bond acceptors (Lipinski definition) is 3. The summed E-state index contributed by atoms with van der Waals surface area (Å²) < 4.78 is 4.90. The molecule has 0 radical (unpaired) electrons. The summed E-state index contributed by atoms with van der Waals surface area (Å²) in [7, 11) is 1.65. The van der Waals surface area contributed by atoms with E-state index in [0.29, 0.717) is 6.61 Å². The lowest BCUT2D eigenvalue weighted by Gasteiger charge is -2.04. The Bertz CT molecular complexity index is 271. The zero-order chi connectivity index (χ0) is 9.68. The van der Waals surface area contributed by atoms with Crippen molar-refractivity contribution in [2.45, 2.75) is 12.8 Å². The zero-order valence-corrected chi connectivity index (χ0v) is 7.66. The van der Waals surface area contributed by atoms with E-state index in [1.165, 1.54) is 6.07 Å². The van der Waals surface area contributed by atoms with Crippen LogP contribution in [0.5, 0.6) is 11.5 Å². The number of phenols is 2. The van der Waals surface area contributed by atoms with Gasteiger partial charge in [-0.3, -0.25) is 0 Å². The molecule has 13 heavy (non-hydrogen) atoms. The standard InChI is InChI=1S/C10H14O3/c1-13-6-2-3-8-4-5-9(11)7-10(8)12/h4-5,7,11-12H,2-3,6H2,1H3. The second-order valence-electron chi connectivity index (χ2n) is 2.91. The maximum Gasteiger partial charge on any atom is 0.122 e. The van der Waals surface area contributed by atoms with E-state index in [1.54, 1.807) is 19.2 Å². The van der Waals surface area contributed by atoms with Crippen molar-refractivity contribution in [2.75, 3.05) is 13.7 Å². The van der Waals surface area contributed by atoms with Gasteiger partial charge in [-0.25, -0.2) is 0 Å². The number of ether oxygens (including phenoxy) is 1. The number of rotatable bonds is 4. The predicted octanol–water partition coefficient (Wildman–Crippen LogP) is 1.68. The highest BCUT2D eigenvalue weighted by molar-refractivity contribution is 5.38. The number of aromatic hydroxyl groups is 2. The van der Waals surface area contributed by atoms with Gasteiger partial charge in [0.2, 0.25) is 0 Å². The molecule has 1 rings (SSSR count). The summed E-state index contributed by atoms with van der Waals surface area (Å²) in [5.41, 5.74) is 0.842. The van der Waals surface area contributed by atoms with Gasteiger partial charge in [0.1, 0.15) is 11.5 Å². The first-order valence-electron chi connectivity index (χ1n) is 4.24. The van der Waals surface area contributed by atoms with Crippen LogP contribution in [-0.4, -0.2) is 23.9 Å². The molecule has 0 unspecified atom stereocenters. The minimum atomic E-state index is 0.0907. The Morgan fingerprint density at radius 1 is 1.31 bits per heavy atom. The van der Waals surface area contributed by atoms with Gasteiger partial charge in [0.25, 0.3) is 0 Å². The minimum absolute atomic E-state index is 0.0907. The topological polar surface area (TPSA) is 49.7 Å². The molecule has 0 saturated carbocycles. The van der Waals surface area contributed by atoms with Crippen LogP contribution in [0, 0.1) is 0 Å². The summed E-state index contributed by atoms with van der Waals surface area (Å²) in [6, 6.07) is 4.64. The molecule has 0 aromatic heterocycles. The molecule has 0 heterocycles. The van der Waals surface area contributed by atoms with Gasteiger partial charge in [0.15, 0.2) is 0 Å². The second kappa shape index (κ2) is 4.72. The van der Waals surface area contributed by atoms with Crippen molar-refractivity contribution in [1.29, 1.82) is 0 Å². The zero-order valence-electron chi connectivity index (χ0n) is 7.66. The molecular weight excluding hydrogens is 168 g/mol. The first-order valence-corrected chi connectivity index (χ1v) is 4.24. The highest BCUT2D eigenvalue weighted by Gasteiger charge is 2.01. The SMILES string of the molecule is COCCCc1ccc(O)cc1O. The first-order chi connectivity index (χ1) is 6.24. The number of methoxy groups -OCH3 is 1. The first kappa shape index (κ1) is 9.86. The van der Waals surface area contributed by atoms with Crippen molar-refractivity contribution in [3.63, 3.8) is 0 Å². The Morgan fingerprint density at radius 3 is 2.69 bits per heavy atom. The van der Waals surface area contributed by atoms with E-state index in [1.807, 2.05) is 0 Å². The monoisotopic (exact) mass is 182 g/mol. The Hall–Kier alpha value is -1.22. The maximum atomic E-state index is 9.39. The smallest absolute Gasteiger partial charge is 0.122 e. The molecule has 0 aliphatic carbocycles. The summed E-state index contributed by atoms with van der Waals surface area (Å²) >= 11 is 0. The molecule has 0 amide bonds. The van der Waals surface area contributed by atoms with Crippen molar-refractivity contribution in [1.82, 2.24) is 0 Å². The molecule has 1 aromatic rings. The van der Waals surface area contributed by atoms with E-state index in [4.69, 9.17) is 9.84 Å². The van der Waals surface area contributed by atoms with Crippen LogP contribution >= 0.6 is 0 Å². The van der Waals surface area contributed by atoms with Gasteiger partial charge in [-0.2, -0.15) is 0 Å². The molecular formula is C10H14O3. The summed E-state index contributed by atoms with van der Waals surface area (Å²) in [6.07, 6.45) is 1.63. The third-order valence-electron chi connectivity index (χ3n) is 1.86. The van der Waals surface area contributed by atoms with E-state index in [9.17, 15) is 5.11 Å². The molecule has 0 spiro atoms. The van der Waals surface area contributed by atoms with Crippen molar-refractivity contribution in [2.24, 2.45) is 0 Å². The molecule has 0 bridgehead atoms. The molecule has 0 saturated heterocycles. The summed E-state index contributed by atoms with van der Waals surface area (Å²) in [5, 5.41) is 18.4. The van der Waals surface area contributed by atoms with Gasteiger partial charge in [0.05, 0.1) is 0 Å². The normalized spacial score (nSPS) is 10.2. The quantitative estimate of drug-likeness (QED) is 0.696. The van der Waals surface area contributed by atoms with Gasteiger partial charge in [-0.05, 0) is 24.5 Å². The Labute approximate surface area is 77.6 Å². The maximum absolute atomic E-state index is 9.39. The molecule has 0 aliphatic heterocycles. The molecule has 0 atom stereocenters. The Balaban J connectivity index is 2.56. The molecule has 2 N–H and O–H groups in total. The van der Waals surface area contributed by atoms with Gasteiger partial charge < -0.3 is 14.9 Å². The average molecular weight is 182 g/mol. The van der Waals surface area contributed by atoms with Crippen molar-refractivity contribution >= 4 is 0 Å². The minimum Gasteiger partial charge on any atom is -0.508 e. The van der Waals surface area contributed by atoms with Crippen LogP contribution in [-0.2, 0) is 11.2 Å². The highest BCUT2D eigenvalue weighted by Crippen LogP contribution is 2.23.